The Morgan fingerprint density at radius 1 is 1.12 bits per heavy atom. The fourth-order valence-electron chi connectivity index (χ4n) is 2.57. The molecule has 24 heavy (non-hydrogen) atoms. The van der Waals surface area contributed by atoms with Crippen LogP contribution in [0.1, 0.15) is 6.42 Å². The number of carbonyl (C=O) groups excluding carboxylic acids is 2. The van der Waals surface area contributed by atoms with Gasteiger partial charge >= 0.3 is 0 Å². The molecular formula is C17H13Cl2FN2O2. The SMILES string of the molecule is O=C(Nc1ccc(Cl)c(Cl)c1)C1CC(=O)N(c2ccc(F)cc2)C1. The first-order chi connectivity index (χ1) is 11.4. The summed E-state index contributed by atoms with van der Waals surface area (Å²) in [5.41, 5.74) is 1.09. The summed E-state index contributed by atoms with van der Waals surface area (Å²) in [4.78, 5) is 26.0. The Labute approximate surface area is 148 Å². The van der Waals surface area contributed by atoms with Crippen molar-refractivity contribution >= 4 is 46.4 Å². The van der Waals surface area contributed by atoms with Gasteiger partial charge in [-0.25, -0.2) is 4.39 Å². The van der Waals surface area contributed by atoms with Gasteiger partial charge in [0, 0.05) is 24.3 Å². The fourth-order valence-corrected chi connectivity index (χ4v) is 2.87. The van der Waals surface area contributed by atoms with Gasteiger partial charge in [0.1, 0.15) is 5.82 Å². The topological polar surface area (TPSA) is 49.4 Å². The van der Waals surface area contributed by atoms with Crippen LogP contribution < -0.4 is 10.2 Å². The molecule has 1 atom stereocenters. The third kappa shape index (κ3) is 3.52. The summed E-state index contributed by atoms with van der Waals surface area (Å²) in [7, 11) is 0. The molecule has 1 N–H and O–H groups in total. The van der Waals surface area contributed by atoms with Crippen LogP contribution in [0.5, 0.6) is 0 Å². The number of anilines is 2. The second-order valence-electron chi connectivity index (χ2n) is 5.50. The smallest absolute Gasteiger partial charge is 0.229 e. The Morgan fingerprint density at radius 2 is 1.83 bits per heavy atom. The van der Waals surface area contributed by atoms with Gasteiger partial charge in [-0.2, -0.15) is 0 Å². The molecule has 1 saturated heterocycles. The molecule has 2 aromatic rings. The van der Waals surface area contributed by atoms with Crippen LogP contribution in [-0.2, 0) is 9.59 Å². The molecule has 2 aromatic carbocycles. The fraction of sp³-hybridized carbons (Fsp3) is 0.176. The molecule has 0 spiro atoms. The molecule has 1 aliphatic heterocycles. The van der Waals surface area contributed by atoms with Crippen molar-refractivity contribution in [2.45, 2.75) is 6.42 Å². The molecular weight excluding hydrogens is 354 g/mol. The van der Waals surface area contributed by atoms with Crippen LogP contribution in [0.25, 0.3) is 0 Å². The van der Waals surface area contributed by atoms with E-state index in [1.54, 1.807) is 18.2 Å². The Bertz CT molecular complexity index is 796. The van der Waals surface area contributed by atoms with Crippen molar-refractivity contribution < 1.29 is 14.0 Å². The number of carbonyl (C=O) groups is 2. The van der Waals surface area contributed by atoms with E-state index in [0.29, 0.717) is 21.4 Å². The van der Waals surface area contributed by atoms with Gasteiger partial charge in [-0.1, -0.05) is 23.2 Å². The molecule has 1 unspecified atom stereocenters. The van der Waals surface area contributed by atoms with Crippen molar-refractivity contribution in [2.75, 3.05) is 16.8 Å². The first-order valence-corrected chi connectivity index (χ1v) is 8.01. The monoisotopic (exact) mass is 366 g/mol. The summed E-state index contributed by atoms with van der Waals surface area (Å²) in [6.45, 7) is 0.248. The molecule has 2 amide bonds. The van der Waals surface area contributed by atoms with E-state index in [4.69, 9.17) is 23.2 Å². The van der Waals surface area contributed by atoms with Gasteiger partial charge in [-0.3, -0.25) is 9.59 Å². The standard InChI is InChI=1S/C17H13Cl2FN2O2/c18-14-6-3-12(8-15(14)19)21-17(24)10-7-16(23)22(9-10)13-4-1-11(20)2-5-13/h1-6,8,10H,7,9H2,(H,21,24). The molecule has 0 aromatic heterocycles. The highest BCUT2D eigenvalue weighted by Gasteiger charge is 2.35. The van der Waals surface area contributed by atoms with Crippen LogP contribution in [0, 0.1) is 11.7 Å². The van der Waals surface area contributed by atoms with E-state index in [9.17, 15) is 14.0 Å². The number of benzene rings is 2. The molecule has 0 saturated carbocycles. The number of halogens is 3. The Kier molecular flexibility index (Phi) is 4.73. The van der Waals surface area contributed by atoms with E-state index in [0.717, 1.165) is 0 Å². The van der Waals surface area contributed by atoms with Crippen LogP contribution in [0.4, 0.5) is 15.8 Å². The van der Waals surface area contributed by atoms with E-state index >= 15 is 0 Å². The normalized spacial score (nSPS) is 17.2. The highest BCUT2D eigenvalue weighted by atomic mass is 35.5. The molecule has 124 valence electrons. The van der Waals surface area contributed by atoms with Crippen molar-refractivity contribution in [1.82, 2.24) is 0 Å². The zero-order valence-corrected chi connectivity index (χ0v) is 13.9. The molecule has 0 aliphatic carbocycles. The summed E-state index contributed by atoms with van der Waals surface area (Å²) in [6.07, 6.45) is 0.102. The molecule has 0 radical (unpaired) electrons. The largest absolute Gasteiger partial charge is 0.326 e. The highest BCUT2D eigenvalue weighted by molar-refractivity contribution is 6.42. The molecule has 7 heteroatoms. The van der Waals surface area contributed by atoms with Gasteiger partial charge in [0.25, 0.3) is 0 Å². The van der Waals surface area contributed by atoms with E-state index < -0.39 is 5.92 Å². The minimum absolute atomic E-state index is 0.102. The van der Waals surface area contributed by atoms with E-state index in [1.165, 1.54) is 29.2 Å². The molecule has 0 bridgehead atoms. The number of rotatable bonds is 3. The van der Waals surface area contributed by atoms with Gasteiger partial charge in [-0.15, -0.1) is 0 Å². The van der Waals surface area contributed by atoms with E-state index in [2.05, 4.69) is 5.32 Å². The average molecular weight is 367 g/mol. The second kappa shape index (κ2) is 6.79. The minimum atomic E-state index is -0.489. The maximum Gasteiger partial charge on any atom is 0.229 e. The lowest BCUT2D eigenvalue weighted by Gasteiger charge is -2.16. The Balaban J connectivity index is 1.69. The maximum atomic E-state index is 13.0. The van der Waals surface area contributed by atoms with Crippen molar-refractivity contribution in [3.63, 3.8) is 0 Å². The van der Waals surface area contributed by atoms with Crippen LogP contribution in [-0.4, -0.2) is 18.4 Å². The van der Waals surface area contributed by atoms with Gasteiger partial charge in [0.2, 0.25) is 11.8 Å². The lowest BCUT2D eigenvalue weighted by Crippen LogP contribution is -2.28. The maximum absolute atomic E-state index is 13.0. The van der Waals surface area contributed by atoms with E-state index in [1.807, 2.05) is 0 Å². The van der Waals surface area contributed by atoms with Crippen LogP contribution in [0.3, 0.4) is 0 Å². The summed E-state index contributed by atoms with van der Waals surface area (Å²) >= 11 is 11.8. The zero-order chi connectivity index (χ0) is 17.3. The summed E-state index contributed by atoms with van der Waals surface area (Å²) in [6, 6.07) is 10.4. The predicted octanol–water partition coefficient (Wildman–Crippen LogP) is 4.12. The van der Waals surface area contributed by atoms with Crippen LogP contribution in [0.15, 0.2) is 42.5 Å². The van der Waals surface area contributed by atoms with Crippen molar-refractivity contribution in [3.8, 4) is 0 Å². The first-order valence-electron chi connectivity index (χ1n) is 7.26. The lowest BCUT2D eigenvalue weighted by atomic mass is 10.1. The quantitative estimate of drug-likeness (QED) is 0.887. The van der Waals surface area contributed by atoms with Gasteiger partial charge in [0.15, 0.2) is 0 Å². The molecule has 1 fully saturated rings. The second-order valence-corrected chi connectivity index (χ2v) is 6.31. The Hall–Kier alpha value is -2.11. The summed E-state index contributed by atoms with van der Waals surface area (Å²) in [5.74, 6) is -1.31. The van der Waals surface area contributed by atoms with Crippen LogP contribution >= 0.6 is 23.2 Å². The van der Waals surface area contributed by atoms with Gasteiger partial charge in [-0.05, 0) is 42.5 Å². The zero-order valence-electron chi connectivity index (χ0n) is 12.4. The number of nitrogens with one attached hydrogen (secondary N) is 1. The highest BCUT2D eigenvalue weighted by Crippen LogP contribution is 2.28. The molecule has 3 rings (SSSR count). The minimum Gasteiger partial charge on any atom is -0.326 e. The molecule has 1 aliphatic rings. The predicted molar refractivity (Wildman–Crippen MR) is 92.0 cm³/mol. The lowest BCUT2D eigenvalue weighted by molar-refractivity contribution is -0.122. The number of hydrogen-bond donors (Lipinski definition) is 1. The average Bonchev–Trinajstić information content (AvgIpc) is 2.94. The number of amides is 2. The van der Waals surface area contributed by atoms with E-state index in [-0.39, 0.29) is 30.6 Å². The third-order valence-electron chi connectivity index (χ3n) is 3.82. The van der Waals surface area contributed by atoms with Crippen molar-refractivity contribution in [3.05, 3.63) is 58.3 Å². The van der Waals surface area contributed by atoms with Crippen LogP contribution in [0.2, 0.25) is 10.0 Å². The summed E-state index contributed by atoms with van der Waals surface area (Å²) < 4.78 is 13.0. The molecule has 4 nitrogen and oxygen atoms in total. The van der Waals surface area contributed by atoms with Crippen molar-refractivity contribution in [2.24, 2.45) is 5.92 Å². The Morgan fingerprint density at radius 3 is 2.50 bits per heavy atom. The third-order valence-corrected chi connectivity index (χ3v) is 4.56. The molecule has 1 heterocycles. The summed E-state index contributed by atoms with van der Waals surface area (Å²) in [5, 5.41) is 3.47. The number of hydrogen-bond acceptors (Lipinski definition) is 2. The van der Waals surface area contributed by atoms with Gasteiger partial charge < -0.3 is 10.2 Å². The first kappa shape index (κ1) is 16.7. The van der Waals surface area contributed by atoms with Gasteiger partial charge in [0.05, 0.1) is 16.0 Å². The number of nitrogens with zero attached hydrogens (tertiary/aromatic N) is 1. The van der Waals surface area contributed by atoms with Crippen molar-refractivity contribution in [1.29, 1.82) is 0 Å².